The lowest BCUT2D eigenvalue weighted by Gasteiger charge is -2.36. The Bertz CT molecular complexity index is 807. The van der Waals surface area contributed by atoms with E-state index in [2.05, 4.69) is 57.0 Å². The van der Waals surface area contributed by atoms with Gasteiger partial charge in [-0.2, -0.15) is 0 Å². The number of thiazole rings is 1. The van der Waals surface area contributed by atoms with Crippen molar-refractivity contribution in [3.63, 3.8) is 0 Å². The summed E-state index contributed by atoms with van der Waals surface area (Å²) in [5.41, 5.74) is 1.09. The zero-order valence-corrected chi connectivity index (χ0v) is 21.0. The maximum atomic E-state index is 12.1. The fraction of sp³-hybridized carbons (Fsp3) is 0.545. The molecule has 160 valence electrons. The number of para-hydroxylation sites is 1. The van der Waals surface area contributed by atoms with Crippen LogP contribution in [0.4, 0.5) is 0 Å². The number of benzene rings is 1. The van der Waals surface area contributed by atoms with Crippen molar-refractivity contribution in [3.05, 3.63) is 36.1 Å². The van der Waals surface area contributed by atoms with Gasteiger partial charge in [-0.15, -0.1) is 11.3 Å². The number of methoxy groups -OCH3 is 1. The number of hydrogen-bond donors (Lipinski definition) is 0. The predicted octanol–water partition coefficient (Wildman–Crippen LogP) is 7.03. The second-order valence-corrected chi connectivity index (χ2v) is 15.7. The molecule has 1 aromatic heterocycles. The van der Waals surface area contributed by atoms with E-state index in [1.165, 1.54) is 11.8 Å². The number of carbonyl (C=O) groups excluding carboxylic acids is 1. The smallest absolute Gasteiger partial charge is 0.371 e. The summed E-state index contributed by atoms with van der Waals surface area (Å²) in [6, 6.07) is 8.27. The number of aromatic nitrogens is 1. The molecule has 0 bridgehead atoms. The maximum absolute atomic E-state index is 12.1. The van der Waals surface area contributed by atoms with Crippen molar-refractivity contribution in [2.45, 2.75) is 68.9 Å². The average Bonchev–Trinajstić information content (AvgIpc) is 3.07. The first-order valence-corrected chi connectivity index (χ1v) is 14.8. The molecule has 2 rings (SSSR count). The zero-order valence-electron chi connectivity index (χ0n) is 18.4. The van der Waals surface area contributed by atoms with Gasteiger partial charge in [0.05, 0.1) is 17.3 Å². The van der Waals surface area contributed by atoms with Crippen molar-refractivity contribution in [1.82, 2.24) is 4.98 Å². The first kappa shape index (κ1) is 24.0. The molecule has 0 radical (unpaired) electrons. The Labute approximate surface area is 184 Å². The Hall–Kier alpha value is -1.31. The highest BCUT2D eigenvalue weighted by Gasteiger charge is 2.40. The molecule has 0 saturated carbocycles. The molecular weight excluding hydrogens is 418 g/mol. The monoisotopic (exact) mass is 451 g/mol. The average molecular weight is 452 g/mol. The lowest BCUT2D eigenvalue weighted by atomic mass is 10.2. The van der Waals surface area contributed by atoms with Crippen LogP contribution in [0.2, 0.25) is 18.1 Å². The first-order chi connectivity index (χ1) is 13.6. The molecule has 0 aliphatic rings. The minimum absolute atomic E-state index is 0.0396. The van der Waals surface area contributed by atoms with Gasteiger partial charge >= 0.3 is 5.97 Å². The zero-order chi connectivity index (χ0) is 21.5. The summed E-state index contributed by atoms with van der Waals surface area (Å²) in [7, 11) is -0.651. The van der Waals surface area contributed by atoms with Gasteiger partial charge in [-0.1, -0.05) is 51.1 Å². The largest absolute Gasteiger partial charge is 0.539 e. The molecule has 0 saturated heterocycles. The number of thioether (sulfide) groups is 1. The minimum Gasteiger partial charge on any atom is -0.539 e. The number of allylic oxidation sites excluding steroid dienone is 1. The van der Waals surface area contributed by atoms with Gasteiger partial charge in [-0.05, 0) is 55.6 Å². The van der Waals surface area contributed by atoms with Crippen molar-refractivity contribution in [1.29, 1.82) is 0 Å². The summed E-state index contributed by atoms with van der Waals surface area (Å²) in [4.78, 5) is 16.8. The molecule has 0 aliphatic heterocycles. The van der Waals surface area contributed by atoms with E-state index in [0.717, 1.165) is 41.3 Å². The molecule has 4 nitrogen and oxygen atoms in total. The van der Waals surface area contributed by atoms with Gasteiger partial charge in [-0.25, -0.2) is 9.78 Å². The van der Waals surface area contributed by atoms with Crippen LogP contribution < -0.4 is 0 Å². The quantitative estimate of drug-likeness (QED) is 0.0969. The molecular formula is C22H33NO3S2Si. The Morgan fingerprint density at radius 1 is 1.21 bits per heavy atom. The fourth-order valence-electron chi connectivity index (χ4n) is 2.42. The second kappa shape index (κ2) is 10.6. The fourth-order valence-corrected chi connectivity index (χ4v) is 5.58. The Balaban J connectivity index is 1.76. The third kappa shape index (κ3) is 7.15. The molecule has 7 heteroatoms. The van der Waals surface area contributed by atoms with Crippen LogP contribution in [0.25, 0.3) is 10.2 Å². The Morgan fingerprint density at radius 2 is 1.93 bits per heavy atom. The van der Waals surface area contributed by atoms with Crippen LogP contribution in [0.3, 0.4) is 0 Å². The van der Waals surface area contributed by atoms with Crippen molar-refractivity contribution < 1.29 is 14.0 Å². The van der Waals surface area contributed by atoms with Crippen LogP contribution >= 0.6 is 23.1 Å². The lowest BCUT2D eigenvalue weighted by molar-refractivity contribution is -0.138. The van der Waals surface area contributed by atoms with Crippen molar-refractivity contribution in [3.8, 4) is 0 Å². The molecule has 2 aromatic rings. The van der Waals surface area contributed by atoms with Crippen LogP contribution in [0, 0.1) is 0 Å². The number of rotatable bonds is 10. The van der Waals surface area contributed by atoms with E-state index < -0.39 is 8.32 Å². The van der Waals surface area contributed by atoms with Gasteiger partial charge in [0, 0.05) is 5.75 Å². The summed E-state index contributed by atoms with van der Waals surface area (Å²) in [6.07, 6.45) is 6.01. The summed E-state index contributed by atoms with van der Waals surface area (Å²) in [5.74, 6) is 1.07. The number of esters is 1. The normalized spacial score (nSPS) is 13.0. The van der Waals surface area contributed by atoms with Gasteiger partial charge in [0.15, 0.2) is 10.1 Å². The van der Waals surface area contributed by atoms with E-state index >= 15 is 0 Å². The molecule has 0 unspecified atom stereocenters. The maximum Gasteiger partial charge on any atom is 0.371 e. The first-order valence-electron chi connectivity index (χ1n) is 10.1. The molecule has 0 spiro atoms. The van der Waals surface area contributed by atoms with Crippen molar-refractivity contribution in [2.75, 3.05) is 12.9 Å². The van der Waals surface area contributed by atoms with E-state index in [0.29, 0.717) is 5.76 Å². The molecule has 0 aliphatic carbocycles. The SMILES string of the molecule is COC(=O)/C(=C/CCCCCSc1nc2ccccc2s1)O[Si](C)(C)C(C)(C)C. The van der Waals surface area contributed by atoms with Gasteiger partial charge < -0.3 is 9.16 Å². The van der Waals surface area contributed by atoms with Gasteiger partial charge in [0.1, 0.15) is 0 Å². The number of unbranched alkanes of at least 4 members (excludes halogenated alkanes) is 3. The lowest BCUT2D eigenvalue weighted by Crippen LogP contribution is -2.41. The molecule has 0 fully saturated rings. The van der Waals surface area contributed by atoms with Crippen LogP contribution in [0.15, 0.2) is 40.4 Å². The third-order valence-corrected chi connectivity index (χ3v) is 11.8. The van der Waals surface area contributed by atoms with Gasteiger partial charge in [0.25, 0.3) is 8.32 Å². The topological polar surface area (TPSA) is 48.4 Å². The van der Waals surface area contributed by atoms with E-state index in [4.69, 9.17) is 9.16 Å². The number of nitrogens with zero attached hydrogens (tertiary/aromatic N) is 1. The molecule has 1 heterocycles. The van der Waals surface area contributed by atoms with Gasteiger partial charge in [0.2, 0.25) is 0 Å². The summed E-state index contributed by atoms with van der Waals surface area (Å²) >= 11 is 3.59. The van der Waals surface area contributed by atoms with E-state index in [1.54, 1.807) is 11.3 Å². The number of ether oxygens (including phenoxy) is 1. The van der Waals surface area contributed by atoms with Crippen LogP contribution in [-0.2, 0) is 14.0 Å². The molecule has 0 N–H and O–H groups in total. The Morgan fingerprint density at radius 3 is 2.59 bits per heavy atom. The van der Waals surface area contributed by atoms with Crippen LogP contribution in [0.1, 0.15) is 46.5 Å². The van der Waals surface area contributed by atoms with E-state index in [-0.39, 0.29) is 11.0 Å². The molecule has 0 amide bonds. The summed E-state index contributed by atoms with van der Waals surface area (Å²) < 4.78 is 13.5. The number of carbonyl (C=O) groups is 1. The number of fused-ring (bicyclic) bond motifs is 1. The summed E-state index contributed by atoms with van der Waals surface area (Å²) in [6.45, 7) is 10.8. The third-order valence-electron chi connectivity index (χ3n) is 5.24. The van der Waals surface area contributed by atoms with Crippen LogP contribution in [-0.4, -0.2) is 32.1 Å². The second-order valence-electron chi connectivity index (χ2n) is 8.57. The Kier molecular flexibility index (Phi) is 8.79. The molecule has 1 aromatic carbocycles. The van der Waals surface area contributed by atoms with Crippen molar-refractivity contribution >= 4 is 47.6 Å². The van der Waals surface area contributed by atoms with Crippen molar-refractivity contribution in [2.24, 2.45) is 0 Å². The molecule has 0 atom stereocenters. The van der Waals surface area contributed by atoms with E-state index in [1.807, 2.05) is 23.9 Å². The highest BCUT2D eigenvalue weighted by atomic mass is 32.2. The predicted molar refractivity (Wildman–Crippen MR) is 127 cm³/mol. The number of hydrogen-bond acceptors (Lipinski definition) is 6. The summed E-state index contributed by atoms with van der Waals surface area (Å²) in [5, 5.41) is 0.0396. The minimum atomic E-state index is -2.06. The van der Waals surface area contributed by atoms with E-state index in [9.17, 15) is 4.79 Å². The standard InChI is InChI=1S/C22H33NO3S2Si/c1-22(2,3)29(5,6)26-18(20(24)25-4)14-9-7-8-12-16-27-21-23-17-13-10-11-15-19(17)28-21/h10-11,13-15H,7-9,12,16H2,1-6H3/b18-14-. The molecule has 29 heavy (non-hydrogen) atoms. The van der Waals surface area contributed by atoms with Crippen LogP contribution in [0.5, 0.6) is 0 Å². The highest BCUT2D eigenvalue weighted by Crippen LogP contribution is 2.38. The highest BCUT2D eigenvalue weighted by molar-refractivity contribution is 8.01. The van der Waals surface area contributed by atoms with Gasteiger partial charge in [-0.3, -0.25) is 0 Å².